The average molecular weight is 542 g/mol. The molecule has 208 valence electrons. The zero-order chi connectivity index (χ0) is 27.6. The molecule has 3 aromatic rings. The Morgan fingerprint density at radius 1 is 0.950 bits per heavy atom. The van der Waals surface area contributed by atoms with Gasteiger partial charge in [0, 0.05) is 42.6 Å². The van der Waals surface area contributed by atoms with Crippen molar-refractivity contribution in [3.63, 3.8) is 0 Å². The van der Waals surface area contributed by atoms with Gasteiger partial charge in [0.1, 0.15) is 18.3 Å². The minimum atomic E-state index is -0.433. The summed E-state index contributed by atoms with van der Waals surface area (Å²) in [6.45, 7) is -0.0234. The highest BCUT2D eigenvalue weighted by molar-refractivity contribution is 5.92. The number of epoxide rings is 1. The summed E-state index contributed by atoms with van der Waals surface area (Å²) >= 11 is 0. The number of hydrogen-bond donors (Lipinski definition) is 3. The van der Waals surface area contributed by atoms with Gasteiger partial charge in [-0.05, 0) is 60.8 Å². The lowest BCUT2D eigenvalue weighted by molar-refractivity contribution is -0.116. The zero-order valence-electron chi connectivity index (χ0n) is 22.6. The highest BCUT2D eigenvalue weighted by Crippen LogP contribution is 2.48. The third-order valence-corrected chi connectivity index (χ3v) is 8.34. The molecule has 2 bridgehead atoms. The summed E-state index contributed by atoms with van der Waals surface area (Å²) in [6, 6.07) is 23.8. The average Bonchev–Trinajstić information content (AvgIpc) is 3.73. The molecule has 3 N–H and O–H groups in total. The van der Waals surface area contributed by atoms with Gasteiger partial charge in [0.2, 0.25) is 5.91 Å². The number of fused-ring (bicyclic) bond motifs is 5. The number of aliphatic hydroxyl groups excluding tert-OH is 1. The molecule has 3 fully saturated rings. The van der Waals surface area contributed by atoms with Crippen molar-refractivity contribution in [3.8, 4) is 11.1 Å². The van der Waals surface area contributed by atoms with Crippen LogP contribution < -0.4 is 10.6 Å². The Kier molecular flexibility index (Phi) is 7.56. The maximum absolute atomic E-state index is 13.0. The normalized spacial score (nSPS) is 24.7. The first-order valence-electron chi connectivity index (χ1n) is 14.0. The molecule has 2 amide bonds. The van der Waals surface area contributed by atoms with E-state index < -0.39 is 6.09 Å². The standard InChI is InChI=1S/C32H35N3O5/c1-35-27-17-24(18-28(35)31-30(27)40-31)39-32(38)34-26-15-12-20(16-25(26)22-7-3-2-4-8-22)6-5-9-29(37)33-23-13-10-21(19-36)11-14-23/h2-4,7-8,10-16,24,27-28,30-31,36H,5-6,9,17-19H2,1H3,(H,33,37)(H,34,38)/t24?,27-,28-,30-,31+/m0/s1. The van der Waals surface area contributed by atoms with Gasteiger partial charge in [0.05, 0.1) is 12.3 Å². The van der Waals surface area contributed by atoms with Gasteiger partial charge < -0.3 is 19.9 Å². The molecule has 40 heavy (non-hydrogen) atoms. The molecule has 0 aromatic heterocycles. The highest BCUT2D eigenvalue weighted by Gasteiger charge is 2.62. The number of carbonyl (C=O) groups is 2. The Morgan fingerprint density at radius 2 is 1.65 bits per heavy atom. The summed E-state index contributed by atoms with van der Waals surface area (Å²) in [5.41, 5.74) is 5.22. The number of anilines is 2. The summed E-state index contributed by atoms with van der Waals surface area (Å²) in [5, 5.41) is 15.1. The van der Waals surface area contributed by atoms with Crippen molar-refractivity contribution in [1.82, 2.24) is 4.90 Å². The van der Waals surface area contributed by atoms with Gasteiger partial charge in [0.25, 0.3) is 0 Å². The summed E-state index contributed by atoms with van der Waals surface area (Å²) in [7, 11) is 2.14. The molecule has 8 nitrogen and oxygen atoms in total. The third-order valence-electron chi connectivity index (χ3n) is 8.34. The van der Waals surface area contributed by atoms with Crippen LogP contribution in [0, 0.1) is 0 Å². The minimum Gasteiger partial charge on any atom is -0.446 e. The predicted molar refractivity (Wildman–Crippen MR) is 153 cm³/mol. The van der Waals surface area contributed by atoms with Gasteiger partial charge in [0.15, 0.2) is 0 Å². The van der Waals surface area contributed by atoms with Crippen LogP contribution in [0.15, 0.2) is 72.8 Å². The lowest BCUT2D eigenvalue weighted by Gasteiger charge is -2.37. The minimum absolute atomic E-state index is 0.0234. The van der Waals surface area contributed by atoms with E-state index in [-0.39, 0.29) is 18.6 Å². The molecule has 3 aromatic carbocycles. The smallest absolute Gasteiger partial charge is 0.411 e. The molecule has 0 spiro atoms. The lowest BCUT2D eigenvalue weighted by atomic mass is 9.98. The Labute approximate surface area is 234 Å². The molecule has 6 rings (SSSR count). The van der Waals surface area contributed by atoms with E-state index in [1.807, 2.05) is 42.5 Å². The maximum Gasteiger partial charge on any atom is 0.411 e. The number of likely N-dealkylation sites (N-methyl/N-ethyl adjacent to an activating group) is 1. The topological polar surface area (TPSA) is 103 Å². The van der Waals surface area contributed by atoms with Gasteiger partial charge >= 0.3 is 6.09 Å². The third kappa shape index (κ3) is 5.75. The van der Waals surface area contributed by atoms with Crippen molar-refractivity contribution in [3.05, 3.63) is 83.9 Å². The zero-order valence-corrected chi connectivity index (χ0v) is 22.6. The van der Waals surface area contributed by atoms with Crippen molar-refractivity contribution in [2.24, 2.45) is 0 Å². The van der Waals surface area contributed by atoms with Crippen LogP contribution in [0.25, 0.3) is 11.1 Å². The number of nitrogens with one attached hydrogen (secondary N) is 2. The Bertz CT molecular complexity index is 1340. The van der Waals surface area contributed by atoms with Crippen molar-refractivity contribution in [1.29, 1.82) is 0 Å². The first-order chi connectivity index (χ1) is 19.5. The van der Waals surface area contributed by atoms with E-state index in [9.17, 15) is 14.7 Å². The van der Waals surface area contributed by atoms with E-state index in [1.54, 1.807) is 24.3 Å². The van der Waals surface area contributed by atoms with E-state index in [1.165, 1.54) is 0 Å². The van der Waals surface area contributed by atoms with Crippen molar-refractivity contribution in [2.75, 3.05) is 17.7 Å². The van der Waals surface area contributed by atoms with Crippen LogP contribution in [0.3, 0.4) is 0 Å². The number of aryl methyl sites for hydroxylation is 1. The second-order valence-corrected chi connectivity index (χ2v) is 11.0. The molecular weight excluding hydrogens is 506 g/mol. The van der Waals surface area contributed by atoms with Crippen LogP contribution >= 0.6 is 0 Å². The number of morpholine rings is 1. The van der Waals surface area contributed by atoms with Crippen LogP contribution in [0.4, 0.5) is 16.2 Å². The van der Waals surface area contributed by atoms with Gasteiger partial charge in [-0.3, -0.25) is 15.0 Å². The molecule has 8 heteroatoms. The fourth-order valence-corrected chi connectivity index (χ4v) is 6.17. The fraction of sp³-hybridized carbons (Fsp3) is 0.375. The van der Waals surface area contributed by atoms with E-state index in [0.717, 1.165) is 41.5 Å². The number of hydrogen-bond acceptors (Lipinski definition) is 6. The molecule has 3 aliphatic heterocycles. The number of benzene rings is 3. The summed E-state index contributed by atoms with van der Waals surface area (Å²) < 4.78 is 11.6. The maximum atomic E-state index is 13.0. The van der Waals surface area contributed by atoms with Crippen LogP contribution in [0.1, 0.15) is 36.8 Å². The van der Waals surface area contributed by atoms with Gasteiger partial charge in [-0.2, -0.15) is 0 Å². The van der Waals surface area contributed by atoms with Crippen LogP contribution in [0.5, 0.6) is 0 Å². The van der Waals surface area contributed by atoms with Crippen LogP contribution in [0.2, 0.25) is 0 Å². The summed E-state index contributed by atoms with van der Waals surface area (Å²) in [4.78, 5) is 27.8. The monoisotopic (exact) mass is 541 g/mol. The second kappa shape index (κ2) is 11.4. The Morgan fingerprint density at radius 3 is 2.35 bits per heavy atom. The van der Waals surface area contributed by atoms with Crippen molar-refractivity contribution < 1.29 is 24.2 Å². The molecular formula is C32H35N3O5. The molecule has 3 heterocycles. The molecule has 3 aliphatic rings. The molecule has 0 aliphatic carbocycles. The van der Waals surface area contributed by atoms with E-state index in [4.69, 9.17) is 9.47 Å². The number of amides is 2. The largest absolute Gasteiger partial charge is 0.446 e. The predicted octanol–water partition coefficient (Wildman–Crippen LogP) is 4.97. The van der Waals surface area contributed by atoms with Crippen molar-refractivity contribution in [2.45, 2.75) is 69.1 Å². The van der Waals surface area contributed by atoms with E-state index >= 15 is 0 Å². The molecule has 1 unspecified atom stereocenters. The first kappa shape index (κ1) is 26.5. The number of aliphatic hydroxyl groups is 1. The van der Waals surface area contributed by atoms with E-state index in [2.05, 4.69) is 28.6 Å². The number of ether oxygens (including phenoxy) is 2. The van der Waals surface area contributed by atoms with Crippen LogP contribution in [-0.4, -0.2) is 59.5 Å². The summed E-state index contributed by atoms with van der Waals surface area (Å²) in [6.07, 6.45) is 3.46. The lowest BCUT2D eigenvalue weighted by Crippen LogP contribution is -2.48. The molecule has 0 radical (unpaired) electrons. The highest BCUT2D eigenvalue weighted by atomic mass is 16.6. The Hall–Kier alpha value is -3.72. The SMILES string of the molecule is CN1[C@H]2CC(OC(=O)Nc3ccc(CCCC(=O)Nc4ccc(CO)cc4)cc3-c3ccccc3)C[C@H]1[C@H]1O[C@H]12. The first-order valence-corrected chi connectivity index (χ1v) is 14.0. The number of carbonyl (C=O) groups excluding carboxylic acids is 2. The molecule has 3 saturated heterocycles. The second-order valence-electron chi connectivity index (χ2n) is 11.0. The fourth-order valence-electron chi connectivity index (χ4n) is 6.17. The van der Waals surface area contributed by atoms with E-state index in [0.29, 0.717) is 48.5 Å². The van der Waals surface area contributed by atoms with Gasteiger partial charge in [-0.15, -0.1) is 0 Å². The number of nitrogens with zero attached hydrogens (tertiary/aromatic N) is 1. The quantitative estimate of drug-likeness (QED) is 0.331. The van der Waals surface area contributed by atoms with Gasteiger partial charge in [-0.1, -0.05) is 48.5 Å². The molecule has 5 atom stereocenters. The summed E-state index contributed by atoms with van der Waals surface area (Å²) in [5.74, 6) is -0.0488. The number of piperidine rings is 1. The van der Waals surface area contributed by atoms with Crippen molar-refractivity contribution >= 4 is 23.4 Å². The van der Waals surface area contributed by atoms with Gasteiger partial charge in [-0.25, -0.2) is 4.79 Å². The van der Waals surface area contributed by atoms with Crippen LogP contribution in [-0.2, 0) is 27.3 Å². The number of rotatable bonds is 9. The Balaban J connectivity index is 1.07. The molecule has 0 saturated carbocycles.